The highest BCUT2D eigenvalue weighted by Crippen LogP contribution is 2.29. The van der Waals surface area contributed by atoms with E-state index in [1.807, 2.05) is 37.4 Å². The quantitative estimate of drug-likeness (QED) is 0.820. The molecule has 4 heteroatoms. The van der Waals surface area contributed by atoms with Crippen LogP contribution in [0.2, 0.25) is 0 Å². The molecule has 3 N–H and O–H groups in total. The van der Waals surface area contributed by atoms with Crippen molar-refractivity contribution in [3.05, 3.63) is 30.3 Å². The minimum atomic E-state index is -0.643. The lowest BCUT2D eigenvalue weighted by Gasteiger charge is -2.27. The van der Waals surface area contributed by atoms with Crippen molar-refractivity contribution in [2.75, 3.05) is 18.9 Å². The minimum Gasteiger partial charge on any atom is -0.370 e. The Morgan fingerprint density at radius 1 is 1.47 bits per heavy atom. The maximum atomic E-state index is 11.8. The maximum absolute atomic E-state index is 11.8. The molecule has 0 aliphatic carbocycles. The lowest BCUT2D eigenvalue weighted by Crippen LogP contribution is -2.52. The van der Waals surface area contributed by atoms with E-state index in [4.69, 9.17) is 5.73 Å². The largest absolute Gasteiger partial charge is 0.370 e. The Balaban J connectivity index is 2.22. The molecule has 0 radical (unpaired) electrons. The van der Waals surface area contributed by atoms with Crippen LogP contribution in [0.3, 0.4) is 0 Å². The predicted octanol–water partition coefficient (Wildman–Crippen LogP) is 1.05. The molecule has 1 heterocycles. The number of benzene rings is 1. The van der Waals surface area contributed by atoms with Gasteiger partial charge < -0.3 is 16.0 Å². The average Bonchev–Trinajstić information content (AvgIpc) is 2.57. The van der Waals surface area contributed by atoms with Crippen LogP contribution in [0.5, 0.6) is 0 Å². The molecule has 17 heavy (non-hydrogen) atoms. The Bertz CT molecular complexity index is 394. The molecule has 1 aromatic carbocycles. The molecule has 2 atom stereocenters. The van der Waals surface area contributed by atoms with Gasteiger partial charge in [-0.15, -0.1) is 0 Å². The number of likely N-dealkylation sites (tertiary alicyclic amines) is 1. The van der Waals surface area contributed by atoms with Gasteiger partial charge >= 0.3 is 0 Å². The number of anilines is 1. The number of nitrogens with zero attached hydrogens (tertiary/aromatic N) is 1. The molecule has 2 unspecified atom stereocenters. The van der Waals surface area contributed by atoms with Crippen LogP contribution in [0.1, 0.15) is 13.3 Å². The molecule has 1 aromatic rings. The van der Waals surface area contributed by atoms with Crippen LogP contribution in [0.15, 0.2) is 30.3 Å². The zero-order valence-electron chi connectivity index (χ0n) is 10.3. The predicted molar refractivity (Wildman–Crippen MR) is 68.7 cm³/mol. The third-order valence-electron chi connectivity index (χ3n) is 3.54. The van der Waals surface area contributed by atoms with Gasteiger partial charge in [0.2, 0.25) is 5.91 Å². The van der Waals surface area contributed by atoms with Crippen molar-refractivity contribution in [3.8, 4) is 0 Å². The molecule has 1 aliphatic heterocycles. The van der Waals surface area contributed by atoms with E-state index in [-0.39, 0.29) is 5.91 Å². The summed E-state index contributed by atoms with van der Waals surface area (Å²) in [5.74, 6) is -0.280. The number of nitrogens with two attached hydrogens (primary N) is 1. The summed E-state index contributed by atoms with van der Waals surface area (Å²) in [7, 11) is 2.02. The first kappa shape index (κ1) is 11.9. The molecule has 2 rings (SSSR count). The Labute approximate surface area is 102 Å². The number of likely N-dealkylation sites (N-methyl/N-ethyl adjacent to an activating group) is 1. The van der Waals surface area contributed by atoms with E-state index < -0.39 is 5.54 Å². The van der Waals surface area contributed by atoms with Crippen molar-refractivity contribution in [1.29, 1.82) is 0 Å². The SMILES string of the molecule is CC1CC(Nc2ccccc2)(C(N)=O)CN1C. The van der Waals surface area contributed by atoms with Crippen molar-refractivity contribution < 1.29 is 4.79 Å². The Morgan fingerprint density at radius 3 is 2.59 bits per heavy atom. The van der Waals surface area contributed by atoms with Gasteiger partial charge in [-0.3, -0.25) is 4.79 Å². The minimum absolute atomic E-state index is 0.280. The summed E-state index contributed by atoms with van der Waals surface area (Å²) in [6.45, 7) is 2.76. The zero-order chi connectivity index (χ0) is 12.5. The van der Waals surface area contributed by atoms with Gasteiger partial charge in [-0.1, -0.05) is 18.2 Å². The van der Waals surface area contributed by atoms with Crippen LogP contribution < -0.4 is 11.1 Å². The van der Waals surface area contributed by atoms with Crippen LogP contribution >= 0.6 is 0 Å². The van der Waals surface area contributed by atoms with E-state index in [1.54, 1.807) is 0 Å². The number of rotatable bonds is 3. The Morgan fingerprint density at radius 2 is 2.12 bits per heavy atom. The lowest BCUT2D eigenvalue weighted by atomic mass is 9.95. The number of para-hydroxylation sites is 1. The normalized spacial score (nSPS) is 29.2. The topological polar surface area (TPSA) is 58.4 Å². The van der Waals surface area contributed by atoms with Gasteiger partial charge in [0.05, 0.1) is 0 Å². The summed E-state index contributed by atoms with van der Waals surface area (Å²) in [6, 6.07) is 10.1. The molecule has 1 saturated heterocycles. The summed E-state index contributed by atoms with van der Waals surface area (Å²) < 4.78 is 0. The lowest BCUT2D eigenvalue weighted by molar-refractivity contribution is -0.121. The number of nitrogens with one attached hydrogen (secondary N) is 1. The summed E-state index contributed by atoms with van der Waals surface area (Å²) in [5, 5.41) is 3.30. The second-order valence-corrected chi connectivity index (χ2v) is 4.91. The molecule has 1 fully saturated rings. The van der Waals surface area contributed by atoms with Crippen molar-refractivity contribution in [2.24, 2.45) is 5.73 Å². The summed E-state index contributed by atoms with van der Waals surface area (Å²) in [5.41, 5.74) is 5.87. The standard InChI is InChI=1S/C13H19N3O/c1-10-8-13(12(14)17,9-16(10)2)15-11-6-4-3-5-7-11/h3-7,10,15H,8-9H2,1-2H3,(H2,14,17). The highest BCUT2D eigenvalue weighted by atomic mass is 16.1. The monoisotopic (exact) mass is 233 g/mol. The van der Waals surface area contributed by atoms with Crippen LogP contribution in [0.4, 0.5) is 5.69 Å². The summed E-state index contributed by atoms with van der Waals surface area (Å²) in [6.07, 6.45) is 0.744. The first-order valence-electron chi connectivity index (χ1n) is 5.87. The third-order valence-corrected chi connectivity index (χ3v) is 3.54. The van der Waals surface area contributed by atoms with Gasteiger partial charge in [0.1, 0.15) is 5.54 Å². The van der Waals surface area contributed by atoms with Gasteiger partial charge in [0.25, 0.3) is 0 Å². The van der Waals surface area contributed by atoms with Gasteiger partial charge in [-0.05, 0) is 32.5 Å². The highest BCUT2D eigenvalue weighted by Gasteiger charge is 2.45. The fourth-order valence-corrected chi connectivity index (χ4v) is 2.43. The van der Waals surface area contributed by atoms with Crippen molar-refractivity contribution in [1.82, 2.24) is 4.90 Å². The smallest absolute Gasteiger partial charge is 0.244 e. The van der Waals surface area contributed by atoms with Crippen molar-refractivity contribution in [3.63, 3.8) is 0 Å². The van der Waals surface area contributed by atoms with E-state index in [9.17, 15) is 4.79 Å². The third kappa shape index (κ3) is 2.26. The van der Waals surface area contributed by atoms with Gasteiger partial charge in [-0.25, -0.2) is 0 Å². The molecule has 1 aliphatic rings. The Kier molecular flexibility index (Phi) is 3.07. The number of hydrogen-bond donors (Lipinski definition) is 2. The molecule has 0 bridgehead atoms. The fraction of sp³-hybridized carbons (Fsp3) is 0.462. The molecule has 0 aromatic heterocycles. The summed E-state index contributed by atoms with van der Waals surface area (Å²) in [4.78, 5) is 13.9. The highest BCUT2D eigenvalue weighted by molar-refractivity contribution is 5.88. The van der Waals surface area contributed by atoms with Crippen LogP contribution in [0, 0.1) is 0 Å². The zero-order valence-corrected chi connectivity index (χ0v) is 10.3. The molecule has 4 nitrogen and oxygen atoms in total. The van der Waals surface area contributed by atoms with Crippen LogP contribution in [-0.2, 0) is 4.79 Å². The number of carbonyl (C=O) groups excluding carboxylic acids is 1. The van der Waals surface area contributed by atoms with E-state index in [2.05, 4.69) is 17.1 Å². The number of primary amides is 1. The molecular weight excluding hydrogens is 214 g/mol. The first-order valence-corrected chi connectivity index (χ1v) is 5.87. The van der Waals surface area contributed by atoms with Crippen molar-refractivity contribution >= 4 is 11.6 Å². The molecule has 92 valence electrons. The Hall–Kier alpha value is -1.55. The molecule has 0 spiro atoms. The van der Waals surface area contributed by atoms with Gasteiger partial charge in [0, 0.05) is 18.3 Å². The van der Waals surface area contributed by atoms with Crippen molar-refractivity contribution in [2.45, 2.75) is 24.9 Å². The van der Waals surface area contributed by atoms with E-state index >= 15 is 0 Å². The molecule has 1 amide bonds. The number of amides is 1. The second-order valence-electron chi connectivity index (χ2n) is 4.91. The fourth-order valence-electron chi connectivity index (χ4n) is 2.43. The van der Waals surface area contributed by atoms with Crippen LogP contribution in [0.25, 0.3) is 0 Å². The number of carbonyl (C=O) groups is 1. The van der Waals surface area contributed by atoms with E-state index in [0.717, 1.165) is 12.1 Å². The average molecular weight is 233 g/mol. The summed E-state index contributed by atoms with van der Waals surface area (Å²) >= 11 is 0. The van der Waals surface area contributed by atoms with Crippen LogP contribution in [-0.4, -0.2) is 36.0 Å². The van der Waals surface area contributed by atoms with Gasteiger partial charge in [-0.2, -0.15) is 0 Å². The molecule has 0 saturated carbocycles. The second kappa shape index (κ2) is 4.37. The van der Waals surface area contributed by atoms with Gasteiger partial charge in [0.15, 0.2) is 0 Å². The number of hydrogen-bond acceptors (Lipinski definition) is 3. The first-order chi connectivity index (χ1) is 8.03. The maximum Gasteiger partial charge on any atom is 0.244 e. The molecular formula is C13H19N3O. The van der Waals surface area contributed by atoms with E-state index in [0.29, 0.717) is 12.6 Å². The van der Waals surface area contributed by atoms with E-state index in [1.165, 1.54) is 0 Å².